The highest BCUT2D eigenvalue weighted by Crippen LogP contribution is 2.36. The largest absolute Gasteiger partial charge is 0.480 e. The van der Waals surface area contributed by atoms with E-state index >= 15 is 0 Å². The zero-order valence-electron chi connectivity index (χ0n) is 9.58. The fraction of sp³-hybridized carbons (Fsp3) is 0.909. The minimum Gasteiger partial charge on any atom is -0.480 e. The molecule has 0 radical (unpaired) electrons. The SMILES string of the molecule is CCC1CCC(NCCOC)(C(=O)O)C1. The first-order valence-electron chi connectivity index (χ1n) is 5.62. The van der Waals surface area contributed by atoms with Crippen LogP contribution in [0.5, 0.6) is 0 Å². The van der Waals surface area contributed by atoms with E-state index in [9.17, 15) is 9.90 Å². The third-order valence-electron chi connectivity index (χ3n) is 3.37. The molecule has 0 heterocycles. The molecule has 2 unspecified atom stereocenters. The van der Waals surface area contributed by atoms with Gasteiger partial charge in [-0.25, -0.2) is 0 Å². The molecule has 0 aliphatic heterocycles. The average Bonchev–Trinajstić information content (AvgIpc) is 2.63. The van der Waals surface area contributed by atoms with Gasteiger partial charge in [-0.1, -0.05) is 13.3 Å². The van der Waals surface area contributed by atoms with E-state index in [0.29, 0.717) is 19.1 Å². The maximum Gasteiger partial charge on any atom is 0.323 e. The molecule has 1 fully saturated rings. The van der Waals surface area contributed by atoms with Crippen molar-refractivity contribution in [2.24, 2.45) is 5.92 Å². The lowest BCUT2D eigenvalue weighted by Gasteiger charge is -2.25. The highest BCUT2D eigenvalue weighted by molar-refractivity contribution is 5.79. The predicted octanol–water partition coefficient (Wildman–Crippen LogP) is 1.26. The van der Waals surface area contributed by atoms with E-state index < -0.39 is 11.5 Å². The Hall–Kier alpha value is -0.610. The van der Waals surface area contributed by atoms with Crippen LogP contribution in [0.1, 0.15) is 32.6 Å². The second kappa shape index (κ2) is 5.47. The summed E-state index contributed by atoms with van der Waals surface area (Å²) in [6.45, 7) is 3.29. The van der Waals surface area contributed by atoms with Gasteiger partial charge in [-0.15, -0.1) is 0 Å². The standard InChI is InChI=1S/C11H21NO3/c1-3-9-4-5-11(8-9,10(13)14)12-6-7-15-2/h9,12H,3-8H2,1-2H3,(H,13,14). The number of carbonyl (C=O) groups is 1. The second-order valence-electron chi connectivity index (χ2n) is 4.32. The molecule has 0 amide bonds. The molecule has 0 aromatic rings. The van der Waals surface area contributed by atoms with E-state index in [-0.39, 0.29) is 0 Å². The average molecular weight is 215 g/mol. The van der Waals surface area contributed by atoms with Crippen LogP contribution in [0.3, 0.4) is 0 Å². The van der Waals surface area contributed by atoms with Crippen LogP contribution in [0.15, 0.2) is 0 Å². The molecule has 2 N–H and O–H groups in total. The van der Waals surface area contributed by atoms with Crippen molar-refractivity contribution in [3.05, 3.63) is 0 Å². The third kappa shape index (κ3) is 2.92. The molecule has 4 heteroatoms. The van der Waals surface area contributed by atoms with Gasteiger partial charge in [0.2, 0.25) is 0 Å². The van der Waals surface area contributed by atoms with E-state index in [1.54, 1.807) is 7.11 Å². The van der Waals surface area contributed by atoms with Crippen molar-refractivity contribution >= 4 is 5.97 Å². The van der Waals surface area contributed by atoms with Crippen LogP contribution in [0.4, 0.5) is 0 Å². The Morgan fingerprint density at radius 3 is 2.87 bits per heavy atom. The monoisotopic (exact) mass is 215 g/mol. The summed E-state index contributed by atoms with van der Waals surface area (Å²) in [5.41, 5.74) is -0.695. The van der Waals surface area contributed by atoms with Crippen molar-refractivity contribution in [3.63, 3.8) is 0 Å². The highest BCUT2D eigenvalue weighted by atomic mass is 16.5. The number of ether oxygens (including phenoxy) is 1. The Labute approximate surface area is 91.0 Å². The Kier molecular flexibility index (Phi) is 4.54. The molecule has 0 aromatic heterocycles. The Morgan fingerprint density at radius 2 is 2.40 bits per heavy atom. The van der Waals surface area contributed by atoms with Crippen molar-refractivity contribution in [1.82, 2.24) is 5.32 Å². The molecule has 0 bridgehead atoms. The van der Waals surface area contributed by atoms with Gasteiger partial charge in [0.15, 0.2) is 0 Å². The smallest absolute Gasteiger partial charge is 0.323 e. The molecule has 1 aliphatic carbocycles. The Balaban J connectivity index is 2.53. The molecule has 15 heavy (non-hydrogen) atoms. The van der Waals surface area contributed by atoms with Crippen LogP contribution in [-0.2, 0) is 9.53 Å². The number of hydrogen-bond acceptors (Lipinski definition) is 3. The van der Waals surface area contributed by atoms with Crippen molar-refractivity contribution < 1.29 is 14.6 Å². The van der Waals surface area contributed by atoms with Crippen LogP contribution in [0, 0.1) is 5.92 Å². The molecular weight excluding hydrogens is 194 g/mol. The topological polar surface area (TPSA) is 58.6 Å². The van der Waals surface area contributed by atoms with Gasteiger partial charge in [0.05, 0.1) is 6.61 Å². The first-order chi connectivity index (χ1) is 7.14. The Bertz CT molecular complexity index is 220. The van der Waals surface area contributed by atoms with Crippen LogP contribution in [0.25, 0.3) is 0 Å². The van der Waals surface area contributed by atoms with E-state index in [1.807, 2.05) is 0 Å². The van der Waals surface area contributed by atoms with E-state index in [2.05, 4.69) is 12.2 Å². The molecule has 0 saturated heterocycles. The molecule has 1 aliphatic rings. The molecule has 1 saturated carbocycles. The molecular formula is C11H21NO3. The zero-order valence-corrected chi connectivity index (χ0v) is 9.58. The van der Waals surface area contributed by atoms with Crippen LogP contribution in [-0.4, -0.2) is 36.9 Å². The molecule has 0 spiro atoms. The van der Waals surface area contributed by atoms with Gasteiger partial charge in [-0.2, -0.15) is 0 Å². The fourth-order valence-corrected chi connectivity index (χ4v) is 2.32. The van der Waals surface area contributed by atoms with Gasteiger partial charge < -0.3 is 9.84 Å². The molecule has 1 rings (SSSR count). The maximum absolute atomic E-state index is 11.3. The van der Waals surface area contributed by atoms with E-state index in [4.69, 9.17) is 4.74 Å². The molecule has 88 valence electrons. The first-order valence-corrected chi connectivity index (χ1v) is 5.62. The van der Waals surface area contributed by atoms with Gasteiger partial charge in [0, 0.05) is 13.7 Å². The number of aliphatic carboxylic acids is 1. The minimum absolute atomic E-state index is 0.552. The van der Waals surface area contributed by atoms with Gasteiger partial charge in [-0.05, 0) is 25.2 Å². The summed E-state index contributed by atoms with van der Waals surface area (Å²) in [5.74, 6) is -0.161. The van der Waals surface area contributed by atoms with Crippen molar-refractivity contribution in [1.29, 1.82) is 0 Å². The summed E-state index contributed by atoms with van der Waals surface area (Å²) < 4.78 is 4.92. The van der Waals surface area contributed by atoms with Crippen LogP contribution >= 0.6 is 0 Å². The lowest BCUT2D eigenvalue weighted by molar-refractivity contribution is -0.144. The van der Waals surface area contributed by atoms with E-state index in [0.717, 1.165) is 25.7 Å². The Morgan fingerprint density at radius 1 is 1.67 bits per heavy atom. The normalized spacial score (nSPS) is 30.7. The molecule has 0 aromatic carbocycles. The van der Waals surface area contributed by atoms with Gasteiger partial charge in [0.1, 0.15) is 5.54 Å². The summed E-state index contributed by atoms with van der Waals surface area (Å²) in [5, 5.41) is 12.4. The summed E-state index contributed by atoms with van der Waals surface area (Å²) >= 11 is 0. The first kappa shape index (κ1) is 12.5. The van der Waals surface area contributed by atoms with E-state index in [1.165, 1.54) is 0 Å². The number of carboxylic acids is 1. The van der Waals surface area contributed by atoms with Crippen molar-refractivity contribution in [2.75, 3.05) is 20.3 Å². The zero-order chi connectivity index (χ0) is 11.3. The third-order valence-corrected chi connectivity index (χ3v) is 3.37. The van der Waals surface area contributed by atoms with Gasteiger partial charge >= 0.3 is 5.97 Å². The van der Waals surface area contributed by atoms with Gasteiger partial charge in [0.25, 0.3) is 0 Å². The second-order valence-corrected chi connectivity index (χ2v) is 4.32. The molecule has 2 atom stereocenters. The minimum atomic E-state index is -0.713. The summed E-state index contributed by atoms with van der Waals surface area (Å²) in [6.07, 6.45) is 3.58. The maximum atomic E-state index is 11.3. The lowest BCUT2D eigenvalue weighted by Crippen LogP contribution is -2.51. The lowest BCUT2D eigenvalue weighted by atomic mass is 9.95. The number of methoxy groups -OCH3 is 1. The summed E-state index contributed by atoms with van der Waals surface area (Å²) in [6, 6.07) is 0. The van der Waals surface area contributed by atoms with Crippen LogP contribution in [0.2, 0.25) is 0 Å². The summed E-state index contributed by atoms with van der Waals surface area (Å²) in [7, 11) is 1.62. The van der Waals surface area contributed by atoms with Crippen LogP contribution < -0.4 is 5.32 Å². The molecule has 4 nitrogen and oxygen atoms in total. The highest BCUT2D eigenvalue weighted by Gasteiger charge is 2.44. The summed E-state index contributed by atoms with van der Waals surface area (Å²) in [4.78, 5) is 11.3. The predicted molar refractivity (Wildman–Crippen MR) is 57.9 cm³/mol. The van der Waals surface area contributed by atoms with Gasteiger partial charge in [-0.3, -0.25) is 10.1 Å². The van der Waals surface area contributed by atoms with Crippen molar-refractivity contribution in [3.8, 4) is 0 Å². The quantitative estimate of drug-likeness (QED) is 0.655. The number of carboxylic acid groups (broad SMARTS) is 1. The number of nitrogens with one attached hydrogen (secondary N) is 1. The fourth-order valence-electron chi connectivity index (χ4n) is 2.32. The van der Waals surface area contributed by atoms with Crippen molar-refractivity contribution in [2.45, 2.75) is 38.1 Å². The number of rotatable bonds is 6. The number of hydrogen-bond donors (Lipinski definition) is 2.